The average molecular weight is 297 g/mol. The smallest absolute Gasteiger partial charge is 0.127 e. The lowest BCUT2D eigenvalue weighted by Gasteiger charge is -2.25. The third kappa shape index (κ3) is 3.07. The highest BCUT2D eigenvalue weighted by Gasteiger charge is 2.15. The fourth-order valence-electron chi connectivity index (χ4n) is 2.05. The summed E-state index contributed by atoms with van der Waals surface area (Å²) in [7, 11) is 0. The maximum Gasteiger partial charge on any atom is 0.127 e. The summed E-state index contributed by atoms with van der Waals surface area (Å²) in [5.74, 6) is 0. The van der Waals surface area contributed by atoms with Gasteiger partial charge in [-0.05, 0) is 30.9 Å². The van der Waals surface area contributed by atoms with Crippen LogP contribution in [0.5, 0.6) is 0 Å². The lowest BCUT2D eigenvalue weighted by Crippen LogP contribution is -2.27. The normalized spacial score (nSPS) is 19.9. The van der Waals surface area contributed by atoms with Crippen LogP contribution >= 0.6 is 15.9 Å². The molecule has 92 valence electrons. The number of hydrogen-bond acceptors (Lipinski definition) is 3. The van der Waals surface area contributed by atoms with Gasteiger partial charge in [-0.3, -0.25) is 0 Å². The summed E-state index contributed by atoms with van der Waals surface area (Å²) in [4.78, 5) is 0. The van der Waals surface area contributed by atoms with E-state index in [4.69, 9.17) is 10.1 Å². The maximum absolute atomic E-state index is 7.52. The Kier molecular flexibility index (Phi) is 4.57. The summed E-state index contributed by atoms with van der Waals surface area (Å²) in [5.41, 5.74) is 3.06. The molecule has 0 amide bonds. The first-order valence-electron chi connectivity index (χ1n) is 5.91. The average Bonchev–Trinajstić information content (AvgIpc) is 2.39. The fourth-order valence-corrected chi connectivity index (χ4v) is 2.54. The molecule has 1 heterocycles. The topological polar surface area (TPSA) is 45.1 Å². The number of hydrogen-bond donors (Lipinski definition) is 2. The van der Waals surface area contributed by atoms with Gasteiger partial charge in [-0.2, -0.15) is 0 Å². The Balaban J connectivity index is 2.16. The van der Waals surface area contributed by atoms with E-state index in [0.29, 0.717) is 0 Å². The van der Waals surface area contributed by atoms with Gasteiger partial charge in [-0.25, -0.2) is 0 Å². The molecule has 3 nitrogen and oxygen atoms in total. The quantitative estimate of drug-likeness (QED) is 0.660. The molecular formula is C13H17BrN2O. The van der Waals surface area contributed by atoms with Crippen molar-refractivity contribution >= 4 is 27.8 Å². The number of nitrogens with one attached hydrogen (secondary N) is 2. The molecule has 1 fully saturated rings. The standard InChI is InChI=1S/C13H17BrN2O/c14-8-10-4-3-5-12(11(10)9-15)16-13-6-1-2-7-17-13/h3-5,9,13,15-16H,1-2,6-8H2. The van der Waals surface area contributed by atoms with E-state index in [1.165, 1.54) is 12.6 Å². The van der Waals surface area contributed by atoms with Crippen LogP contribution < -0.4 is 5.32 Å². The molecule has 1 aliphatic rings. The molecule has 1 aliphatic heterocycles. The predicted molar refractivity (Wildman–Crippen MR) is 74.2 cm³/mol. The van der Waals surface area contributed by atoms with Crippen molar-refractivity contribution < 1.29 is 4.74 Å². The highest BCUT2D eigenvalue weighted by Crippen LogP contribution is 2.23. The van der Waals surface area contributed by atoms with Gasteiger partial charge in [0.15, 0.2) is 0 Å². The molecule has 0 spiro atoms. The van der Waals surface area contributed by atoms with Crippen molar-refractivity contribution in [3.63, 3.8) is 0 Å². The van der Waals surface area contributed by atoms with Crippen LogP contribution in [0.25, 0.3) is 0 Å². The number of benzene rings is 1. The molecule has 1 unspecified atom stereocenters. The van der Waals surface area contributed by atoms with E-state index in [0.717, 1.165) is 41.6 Å². The molecule has 1 atom stereocenters. The number of ether oxygens (including phenoxy) is 1. The second kappa shape index (κ2) is 6.17. The SMILES string of the molecule is N=Cc1c(CBr)cccc1NC1CCCCO1. The zero-order chi connectivity index (χ0) is 12.1. The van der Waals surface area contributed by atoms with Crippen LogP contribution in [0.1, 0.15) is 30.4 Å². The van der Waals surface area contributed by atoms with E-state index in [1.54, 1.807) is 0 Å². The van der Waals surface area contributed by atoms with E-state index in [2.05, 4.69) is 21.2 Å². The first-order valence-corrected chi connectivity index (χ1v) is 7.03. The Morgan fingerprint density at radius 2 is 2.35 bits per heavy atom. The van der Waals surface area contributed by atoms with Crippen LogP contribution in [0.2, 0.25) is 0 Å². The molecule has 1 aromatic rings. The Labute approximate surface area is 110 Å². The molecule has 0 aliphatic carbocycles. The van der Waals surface area contributed by atoms with Gasteiger partial charge in [-0.15, -0.1) is 0 Å². The van der Waals surface area contributed by atoms with Crippen LogP contribution in [0.15, 0.2) is 18.2 Å². The van der Waals surface area contributed by atoms with Gasteiger partial charge in [0.25, 0.3) is 0 Å². The Hall–Kier alpha value is -0.870. The molecule has 0 radical (unpaired) electrons. The molecule has 0 bridgehead atoms. The first kappa shape index (κ1) is 12.6. The van der Waals surface area contributed by atoms with Crippen molar-refractivity contribution in [1.82, 2.24) is 0 Å². The van der Waals surface area contributed by atoms with Crippen molar-refractivity contribution in [2.24, 2.45) is 0 Å². The van der Waals surface area contributed by atoms with Gasteiger partial charge < -0.3 is 15.5 Å². The lowest BCUT2D eigenvalue weighted by atomic mass is 10.1. The Morgan fingerprint density at radius 1 is 1.47 bits per heavy atom. The maximum atomic E-state index is 7.52. The van der Waals surface area contributed by atoms with E-state index in [9.17, 15) is 0 Å². The molecule has 1 saturated heterocycles. The molecule has 2 N–H and O–H groups in total. The Bertz CT molecular complexity index is 389. The minimum absolute atomic E-state index is 0.0908. The summed E-state index contributed by atoms with van der Waals surface area (Å²) in [6, 6.07) is 6.04. The van der Waals surface area contributed by atoms with Crippen LogP contribution in [0.4, 0.5) is 5.69 Å². The minimum atomic E-state index is 0.0908. The van der Waals surface area contributed by atoms with Gasteiger partial charge >= 0.3 is 0 Å². The Morgan fingerprint density at radius 3 is 3.00 bits per heavy atom. The predicted octanol–water partition coefficient (Wildman–Crippen LogP) is 3.52. The number of anilines is 1. The third-order valence-corrected chi connectivity index (χ3v) is 3.59. The zero-order valence-corrected chi connectivity index (χ0v) is 11.3. The van der Waals surface area contributed by atoms with Crippen LogP contribution in [0.3, 0.4) is 0 Å². The molecule has 1 aromatic carbocycles. The zero-order valence-electron chi connectivity index (χ0n) is 9.71. The summed E-state index contributed by atoms with van der Waals surface area (Å²) in [6.07, 6.45) is 4.89. The van der Waals surface area contributed by atoms with Gasteiger partial charge in [0.1, 0.15) is 6.23 Å². The van der Waals surface area contributed by atoms with E-state index < -0.39 is 0 Å². The molecule has 2 rings (SSSR count). The van der Waals surface area contributed by atoms with Gasteiger partial charge in [-0.1, -0.05) is 28.1 Å². The van der Waals surface area contributed by atoms with Crippen molar-refractivity contribution in [1.29, 1.82) is 5.41 Å². The summed E-state index contributed by atoms with van der Waals surface area (Å²) in [5, 5.41) is 11.7. The molecular weight excluding hydrogens is 280 g/mol. The fraction of sp³-hybridized carbons (Fsp3) is 0.462. The summed E-state index contributed by atoms with van der Waals surface area (Å²) in [6.45, 7) is 0.829. The van der Waals surface area contributed by atoms with Gasteiger partial charge in [0.05, 0.1) is 0 Å². The van der Waals surface area contributed by atoms with Crippen LogP contribution in [-0.2, 0) is 10.1 Å². The minimum Gasteiger partial charge on any atom is -0.360 e. The van der Waals surface area contributed by atoms with E-state index in [1.807, 2.05) is 18.2 Å². The number of alkyl halides is 1. The third-order valence-electron chi connectivity index (χ3n) is 2.98. The molecule has 0 aromatic heterocycles. The summed E-state index contributed by atoms with van der Waals surface area (Å²) < 4.78 is 5.66. The monoisotopic (exact) mass is 296 g/mol. The highest BCUT2D eigenvalue weighted by molar-refractivity contribution is 9.08. The van der Waals surface area contributed by atoms with Crippen molar-refractivity contribution in [2.45, 2.75) is 30.8 Å². The second-order valence-electron chi connectivity index (χ2n) is 4.16. The van der Waals surface area contributed by atoms with Crippen LogP contribution in [-0.4, -0.2) is 19.0 Å². The van der Waals surface area contributed by atoms with Crippen molar-refractivity contribution in [3.8, 4) is 0 Å². The lowest BCUT2D eigenvalue weighted by molar-refractivity contribution is 0.0343. The van der Waals surface area contributed by atoms with Crippen molar-refractivity contribution in [2.75, 3.05) is 11.9 Å². The van der Waals surface area contributed by atoms with E-state index in [-0.39, 0.29) is 6.23 Å². The van der Waals surface area contributed by atoms with Crippen molar-refractivity contribution in [3.05, 3.63) is 29.3 Å². The molecule has 4 heteroatoms. The summed E-state index contributed by atoms with van der Waals surface area (Å²) >= 11 is 3.45. The van der Waals surface area contributed by atoms with Gasteiger partial charge in [0.2, 0.25) is 0 Å². The van der Waals surface area contributed by atoms with Crippen LogP contribution in [0, 0.1) is 5.41 Å². The number of rotatable bonds is 4. The van der Waals surface area contributed by atoms with E-state index >= 15 is 0 Å². The second-order valence-corrected chi connectivity index (χ2v) is 4.72. The molecule has 0 saturated carbocycles. The van der Waals surface area contributed by atoms with Gasteiger partial charge in [0, 0.05) is 29.4 Å². The molecule has 17 heavy (non-hydrogen) atoms. The largest absolute Gasteiger partial charge is 0.360 e. The number of halogens is 1. The highest BCUT2D eigenvalue weighted by atomic mass is 79.9. The first-order chi connectivity index (χ1) is 8.35.